The van der Waals surface area contributed by atoms with Gasteiger partial charge in [-0.25, -0.2) is 0 Å². The summed E-state index contributed by atoms with van der Waals surface area (Å²) in [5.41, 5.74) is 1.32. The van der Waals surface area contributed by atoms with Crippen LogP contribution >= 0.6 is 0 Å². The lowest BCUT2D eigenvalue weighted by Gasteiger charge is -2.06. The van der Waals surface area contributed by atoms with E-state index in [0.29, 0.717) is 6.71 Å². The summed E-state index contributed by atoms with van der Waals surface area (Å²) in [6, 6.07) is 11.9. The number of rotatable bonds is 3. The molecule has 0 saturated heterocycles. The molecule has 17 heavy (non-hydrogen) atoms. The monoisotopic (exact) mass is 227 g/mol. The van der Waals surface area contributed by atoms with Crippen molar-refractivity contribution in [1.82, 2.24) is 4.98 Å². The summed E-state index contributed by atoms with van der Waals surface area (Å²) in [6.07, 6.45) is 3.44. The Hall–Kier alpha value is -1.77. The minimum absolute atomic E-state index is 0. The zero-order valence-corrected chi connectivity index (χ0v) is 9.55. The van der Waals surface area contributed by atoms with Crippen molar-refractivity contribution in [3.8, 4) is 11.5 Å². The molecule has 0 atom stereocenters. The summed E-state index contributed by atoms with van der Waals surface area (Å²) in [5, 5.41) is 0. The highest BCUT2D eigenvalue weighted by Gasteiger charge is 2.02. The van der Waals surface area contributed by atoms with Crippen LogP contribution in [0.1, 0.15) is 7.43 Å². The lowest BCUT2D eigenvalue weighted by atomic mass is 9.49. The maximum atomic E-state index is 5.65. The van der Waals surface area contributed by atoms with Crippen LogP contribution in [0, 0.1) is 0 Å². The molecule has 0 fully saturated rings. The molecule has 1 aromatic carbocycles. The van der Waals surface area contributed by atoms with Crippen LogP contribution in [-0.2, 0) is 0 Å². The van der Waals surface area contributed by atoms with Gasteiger partial charge in [-0.15, -0.1) is 0 Å². The number of hydrogen-bond acceptors (Lipinski definition) is 2. The molecule has 0 N–H and O–H groups in total. The zero-order valence-electron chi connectivity index (χ0n) is 9.55. The van der Waals surface area contributed by atoms with Crippen molar-refractivity contribution in [1.29, 1.82) is 0 Å². The number of ether oxygens (including phenoxy) is 1. The van der Waals surface area contributed by atoms with Gasteiger partial charge in [0.1, 0.15) is 11.5 Å². The summed E-state index contributed by atoms with van der Waals surface area (Å²) < 4.78 is 5.65. The van der Waals surface area contributed by atoms with Crippen LogP contribution in [0.15, 0.2) is 48.8 Å². The normalized spacial score (nSPS) is 9.29. The van der Waals surface area contributed by atoms with Crippen LogP contribution < -0.4 is 10.2 Å². The Morgan fingerprint density at radius 1 is 1.00 bits per heavy atom. The highest BCUT2D eigenvalue weighted by atomic mass is 16.5. The molecule has 0 amide bonds. The van der Waals surface area contributed by atoms with Gasteiger partial charge >= 0.3 is 0 Å². The van der Waals surface area contributed by atoms with Crippen molar-refractivity contribution in [3.63, 3.8) is 0 Å². The van der Waals surface area contributed by atoms with E-state index < -0.39 is 0 Å². The van der Waals surface area contributed by atoms with Crippen molar-refractivity contribution < 1.29 is 4.74 Å². The van der Waals surface area contributed by atoms with E-state index in [9.17, 15) is 0 Å². The molecule has 0 aliphatic carbocycles. The van der Waals surface area contributed by atoms with E-state index in [1.165, 1.54) is 5.46 Å². The van der Waals surface area contributed by atoms with Crippen molar-refractivity contribution in [2.75, 3.05) is 0 Å². The first-order chi connectivity index (χ1) is 7.75. The minimum atomic E-state index is 0. The van der Waals surface area contributed by atoms with Crippen LogP contribution in [-0.4, -0.2) is 11.7 Å². The molecule has 2 aromatic rings. The third-order valence-corrected chi connectivity index (χ3v) is 2.42. The van der Waals surface area contributed by atoms with E-state index in [2.05, 4.69) is 30.8 Å². The standard InChI is InChI=1S/C13H14BNO.CH4/c1-14(2)11-5-7-12(8-6-11)16-13-4-3-9-15-10-13;/h3-10H,1-2H3;1H4. The second kappa shape index (κ2) is 6.09. The molecule has 0 aliphatic rings. The van der Waals surface area contributed by atoms with Crippen LogP contribution in [0.5, 0.6) is 11.5 Å². The molecule has 3 heteroatoms. The average Bonchev–Trinajstić information content (AvgIpc) is 2.31. The molecule has 0 bridgehead atoms. The van der Waals surface area contributed by atoms with Gasteiger partial charge in [-0.3, -0.25) is 4.98 Å². The van der Waals surface area contributed by atoms with Gasteiger partial charge in [0.2, 0.25) is 0 Å². The summed E-state index contributed by atoms with van der Waals surface area (Å²) in [7, 11) is 0. The topological polar surface area (TPSA) is 22.1 Å². The molecule has 0 aliphatic heterocycles. The van der Waals surface area contributed by atoms with Crippen LogP contribution in [0.2, 0.25) is 13.6 Å². The zero-order chi connectivity index (χ0) is 11.4. The maximum Gasteiger partial charge on any atom is 0.169 e. The largest absolute Gasteiger partial charge is 0.456 e. The van der Waals surface area contributed by atoms with Gasteiger partial charge in [0.15, 0.2) is 6.71 Å². The van der Waals surface area contributed by atoms with E-state index in [-0.39, 0.29) is 7.43 Å². The van der Waals surface area contributed by atoms with E-state index in [4.69, 9.17) is 4.74 Å². The molecule has 0 unspecified atom stereocenters. The number of hydrogen-bond donors (Lipinski definition) is 0. The second-order valence-electron chi connectivity index (χ2n) is 4.01. The van der Waals surface area contributed by atoms with Gasteiger partial charge in [-0.2, -0.15) is 0 Å². The Bertz CT molecular complexity index is 440. The van der Waals surface area contributed by atoms with Gasteiger partial charge in [0, 0.05) is 6.20 Å². The van der Waals surface area contributed by atoms with Crippen molar-refractivity contribution in [2.24, 2.45) is 0 Å². The van der Waals surface area contributed by atoms with Gasteiger partial charge in [-0.05, 0) is 24.3 Å². The predicted octanol–water partition coefficient (Wildman–Crippen LogP) is 3.47. The van der Waals surface area contributed by atoms with E-state index in [1.54, 1.807) is 12.4 Å². The number of nitrogens with zero attached hydrogens (tertiary/aromatic N) is 1. The highest BCUT2D eigenvalue weighted by molar-refractivity contribution is 6.70. The second-order valence-corrected chi connectivity index (χ2v) is 4.01. The lowest BCUT2D eigenvalue weighted by Crippen LogP contribution is -2.21. The first-order valence-electron chi connectivity index (χ1n) is 5.43. The van der Waals surface area contributed by atoms with Crippen LogP contribution in [0.3, 0.4) is 0 Å². The molecule has 0 saturated carbocycles. The van der Waals surface area contributed by atoms with Gasteiger partial charge in [0.25, 0.3) is 0 Å². The maximum absolute atomic E-state index is 5.65. The third kappa shape index (κ3) is 3.63. The van der Waals surface area contributed by atoms with Crippen molar-refractivity contribution in [3.05, 3.63) is 48.8 Å². The van der Waals surface area contributed by atoms with E-state index in [0.717, 1.165) is 11.5 Å². The average molecular weight is 227 g/mol. The molecular weight excluding hydrogens is 209 g/mol. The molecule has 0 radical (unpaired) electrons. The Balaban J connectivity index is 0.00000144. The Morgan fingerprint density at radius 2 is 1.71 bits per heavy atom. The SMILES string of the molecule is C.CB(C)c1ccc(Oc2cccnc2)cc1. The van der Waals surface area contributed by atoms with Crippen LogP contribution in [0.4, 0.5) is 0 Å². The van der Waals surface area contributed by atoms with Gasteiger partial charge in [-0.1, -0.05) is 38.7 Å². The molecule has 88 valence electrons. The first kappa shape index (κ1) is 13.3. The van der Waals surface area contributed by atoms with Gasteiger partial charge in [0.05, 0.1) is 6.20 Å². The summed E-state index contributed by atoms with van der Waals surface area (Å²) >= 11 is 0. The fourth-order valence-electron chi connectivity index (χ4n) is 1.46. The fourth-order valence-corrected chi connectivity index (χ4v) is 1.46. The first-order valence-corrected chi connectivity index (χ1v) is 5.43. The summed E-state index contributed by atoms with van der Waals surface area (Å²) in [6.45, 7) is 4.90. The van der Waals surface area contributed by atoms with E-state index in [1.807, 2.05) is 24.3 Å². The minimum Gasteiger partial charge on any atom is -0.456 e. The lowest BCUT2D eigenvalue weighted by molar-refractivity contribution is 0.480. The summed E-state index contributed by atoms with van der Waals surface area (Å²) in [4.78, 5) is 4.00. The Labute approximate surface area is 104 Å². The molecular formula is C14H18BNO. The fraction of sp³-hybridized carbons (Fsp3) is 0.214. The highest BCUT2D eigenvalue weighted by Crippen LogP contribution is 2.18. The number of pyridine rings is 1. The third-order valence-electron chi connectivity index (χ3n) is 2.42. The van der Waals surface area contributed by atoms with Crippen molar-refractivity contribution in [2.45, 2.75) is 21.1 Å². The Morgan fingerprint density at radius 3 is 2.24 bits per heavy atom. The van der Waals surface area contributed by atoms with Gasteiger partial charge < -0.3 is 4.74 Å². The number of benzene rings is 1. The summed E-state index contributed by atoms with van der Waals surface area (Å²) in [5.74, 6) is 1.61. The predicted molar refractivity (Wildman–Crippen MR) is 74.6 cm³/mol. The molecule has 0 spiro atoms. The quantitative estimate of drug-likeness (QED) is 0.749. The molecule has 1 heterocycles. The van der Waals surface area contributed by atoms with Crippen molar-refractivity contribution >= 4 is 12.2 Å². The molecule has 2 nitrogen and oxygen atoms in total. The smallest absolute Gasteiger partial charge is 0.169 e. The molecule has 1 aromatic heterocycles. The molecule has 2 rings (SSSR count). The number of aromatic nitrogens is 1. The van der Waals surface area contributed by atoms with E-state index >= 15 is 0 Å². The Kier molecular flexibility index (Phi) is 4.76. The van der Waals surface area contributed by atoms with Crippen LogP contribution in [0.25, 0.3) is 0 Å².